The molecule has 0 fully saturated rings. The first kappa shape index (κ1) is 16.9. The van der Waals surface area contributed by atoms with E-state index in [1.807, 2.05) is 0 Å². The zero-order valence-electron chi connectivity index (χ0n) is 14.5. The summed E-state index contributed by atoms with van der Waals surface area (Å²) in [4.78, 5) is 27.3. The van der Waals surface area contributed by atoms with Gasteiger partial charge in [-0.25, -0.2) is 0 Å². The quantitative estimate of drug-likeness (QED) is 0.855. The first-order valence-electron chi connectivity index (χ1n) is 7.73. The Labute approximate surface area is 144 Å². The summed E-state index contributed by atoms with van der Waals surface area (Å²) < 4.78 is 21.5. The number of hydrogen-bond acceptors (Lipinski definition) is 6. The third-order valence-electron chi connectivity index (χ3n) is 4.22. The zero-order valence-corrected chi connectivity index (χ0v) is 14.5. The number of H-pyrrole nitrogens is 1. The van der Waals surface area contributed by atoms with E-state index in [2.05, 4.69) is 4.98 Å². The highest BCUT2D eigenvalue weighted by molar-refractivity contribution is 5.78. The van der Waals surface area contributed by atoms with Crippen LogP contribution in [0, 0.1) is 6.92 Å². The number of rotatable bonds is 4. The van der Waals surface area contributed by atoms with Crippen molar-refractivity contribution in [1.82, 2.24) is 4.98 Å². The number of carbonyl (C=O) groups excluding carboxylic acids is 1. The molecule has 1 unspecified atom stereocenters. The molecule has 2 heterocycles. The van der Waals surface area contributed by atoms with Crippen molar-refractivity contribution in [3.05, 3.63) is 45.4 Å². The second kappa shape index (κ2) is 6.51. The van der Waals surface area contributed by atoms with Crippen LogP contribution in [0.5, 0.6) is 23.0 Å². The Morgan fingerprint density at radius 2 is 1.80 bits per heavy atom. The van der Waals surface area contributed by atoms with Crippen LogP contribution in [0.2, 0.25) is 0 Å². The van der Waals surface area contributed by atoms with Gasteiger partial charge in [0.2, 0.25) is 5.75 Å². The number of aromatic nitrogens is 1. The lowest BCUT2D eigenvalue weighted by atomic mass is 9.86. The molecule has 25 heavy (non-hydrogen) atoms. The van der Waals surface area contributed by atoms with Crippen molar-refractivity contribution >= 4 is 5.97 Å². The normalized spacial score (nSPS) is 16.0. The van der Waals surface area contributed by atoms with E-state index in [0.717, 1.165) is 0 Å². The third kappa shape index (κ3) is 2.82. The Morgan fingerprint density at radius 1 is 1.08 bits per heavy atom. The van der Waals surface area contributed by atoms with E-state index in [1.54, 1.807) is 25.1 Å². The number of hydrogen-bond donors (Lipinski definition) is 1. The van der Waals surface area contributed by atoms with Crippen molar-refractivity contribution in [2.45, 2.75) is 19.3 Å². The van der Waals surface area contributed by atoms with Gasteiger partial charge >= 0.3 is 5.97 Å². The predicted octanol–water partition coefficient (Wildman–Crippen LogP) is 2.15. The number of aryl methyl sites for hydroxylation is 1. The second-order valence-electron chi connectivity index (χ2n) is 5.71. The average Bonchev–Trinajstić information content (AvgIpc) is 2.58. The average molecular weight is 345 g/mol. The number of pyridine rings is 1. The molecule has 2 aromatic rings. The first-order valence-corrected chi connectivity index (χ1v) is 7.73. The molecular weight excluding hydrogens is 326 g/mol. The molecule has 0 radical (unpaired) electrons. The highest BCUT2D eigenvalue weighted by Gasteiger charge is 2.34. The lowest BCUT2D eigenvalue weighted by Gasteiger charge is -2.26. The molecule has 0 aliphatic carbocycles. The highest BCUT2D eigenvalue weighted by atomic mass is 16.5. The van der Waals surface area contributed by atoms with Crippen molar-refractivity contribution in [1.29, 1.82) is 0 Å². The van der Waals surface area contributed by atoms with Gasteiger partial charge in [0, 0.05) is 23.2 Å². The van der Waals surface area contributed by atoms with Gasteiger partial charge in [0.15, 0.2) is 11.5 Å². The maximum Gasteiger partial charge on any atom is 0.312 e. The summed E-state index contributed by atoms with van der Waals surface area (Å²) in [6.07, 6.45) is 0.0327. The van der Waals surface area contributed by atoms with Crippen molar-refractivity contribution in [2.75, 3.05) is 21.3 Å². The Morgan fingerprint density at radius 3 is 2.44 bits per heavy atom. The van der Waals surface area contributed by atoms with Gasteiger partial charge in [-0.1, -0.05) is 6.07 Å². The zero-order chi connectivity index (χ0) is 18.1. The summed E-state index contributed by atoms with van der Waals surface area (Å²) >= 11 is 0. The fourth-order valence-corrected chi connectivity index (χ4v) is 3.18. The fraction of sp³-hybridized carbons (Fsp3) is 0.333. The monoisotopic (exact) mass is 345 g/mol. The number of ether oxygens (including phenoxy) is 4. The minimum atomic E-state index is -0.504. The summed E-state index contributed by atoms with van der Waals surface area (Å²) in [6.45, 7) is 1.73. The van der Waals surface area contributed by atoms with Crippen LogP contribution in [0.4, 0.5) is 0 Å². The fourth-order valence-electron chi connectivity index (χ4n) is 3.18. The predicted molar refractivity (Wildman–Crippen MR) is 90.0 cm³/mol. The summed E-state index contributed by atoms with van der Waals surface area (Å²) in [7, 11) is 4.53. The maximum absolute atomic E-state index is 12.5. The van der Waals surface area contributed by atoms with Gasteiger partial charge in [-0.15, -0.1) is 0 Å². The highest BCUT2D eigenvalue weighted by Crippen LogP contribution is 2.47. The molecule has 0 bridgehead atoms. The number of esters is 1. The molecule has 1 aromatic heterocycles. The maximum atomic E-state index is 12.5. The Kier molecular flexibility index (Phi) is 4.39. The molecule has 0 amide bonds. The van der Waals surface area contributed by atoms with Crippen LogP contribution in [0.3, 0.4) is 0 Å². The minimum absolute atomic E-state index is 0.0327. The molecule has 1 aliphatic rings. The van der Waals surface area contributed by atoms with Crippen LogP contribution >= 0.6 is 0 Å². The summed E-state index contributed by atoms with van der Waals surface area (Å²) in [5.41, 5.74) is 1.39. The summed E-state index contributed by atoms with van der Waals surface area (Å²) in [5, 5.41) is 0. The number of nitrogens with one attached hydrogen (secondary N) is 1. The van der Waals surface area contributed by atoms with E-state index < -0.39 is 11.9 Å². The Hall–Kier alpha value is -2.96. The van der Waals surface area contributed by atoms with Crippen LogP contribution < -0.4 is 24.5 Å². The molecule has 0 spiro atoms. The van der Waals surface area contributed by atoms with E-state index in [4.69, 9.17) is 18.9 Å². The van der Waals surface area contributed by atoms with E-state index in [0.29, 0.717) is 34.1 Å². The van der Waals surface area contributed by atoms with E-state index in [1.165, 1.54) is 21.3 Å². The van der Waals surface area contributed by atoms with E-state index in [9.17, 15) is 9.59 Å². The Bertz CT molecular complexity index is 886. The molecule has 1 N–H and O–H groups in total. The van der Waals surface area contributed by atoms with Gasteiger partial charge in [0.1, 0.15) is 5.75 Å². The van der Waals surface area contributed by atoms with Gasteiger partial charge in [0.25, 0.3) is 5.56 Å². The number of fused-ring (bicyclic) bond motifs is 1. The molecule has 0 saturated carbocycles. The third-order valence-corrected chi connectivity index (χ3v) is 4.22. The molecule has 132 valence electrons. The van der Waals surface area contributed by atoms with Gasteiger partial charge in [-0.2, -0.15) is 0 Å². The van der Waals surface area contributed by atoms with Crippen LogP contribution in [-0.4, -0.2) is 32.3 Å². The molecule has 1 aromatic carbocycles. The smallest absolute Gasteiger partial charge is 0.312 e. The lowest BCUT2D eigenvalue weighted by molar-refractivity contribution is -0.135. The lowest BCUT2D eigenvalue weighted by Crippen LogP contribution is -2.28. The van der Waals surface area contributed by atoms with E-state index in [-0.39, 0.29) is 17.7 Å². The van der Waals surface area contributed by atoms with Crippen molar-refractivity contribution in [2.24, 2.45) is 0 Å². The SMILES string of the molecule is COc1ccc(C2CC(=O)Oc3cc(C)[nH]c(=O)c32)c(OC)c1OC. The summed E-state index contributed by atoms with van der Waals surface area (Å²) in [5.74, 6) is 0.701. The topological polar surface area (TPSA) is 86.9 Å². The number of carbonyl (C=O) groups is 1. The summed E-state index contributed by atoms with van der Waals surface area (Å²) in [6, 6.07) is 5.14. The number of methoxy groups -OCH3 is 3. The molecular formula is C18H19NO6. The second-order valence-corrected chi connectivity index (χ2v) is 5.71. The van der Waals surface area contributed by atoms with Gasteiger partial charge in [-0.05, 0) is 13.0 Å². The molecule has 3 rings (SSSR count). The molecule has 0 saturated heterocycles. The number of benzene rings is 1. The van der Waals surface area contributed by atoms with Gasteiger partial charge < -0.3 is 23.9 Å². The molecule has 1 atom stereocenters. The van der Waals surface area contributed by atoms with Crippen LogP contribution in [0.1, 0.15) is 29.2 Å². The molecule has 7 heteroatoms. The minimum Gasteiger partial charge on any atom is -0.493 e. The standard InChI is InChI=1S/C18H19NO6/c1-9-7-13-15(18(21)19-9)11(8-14(20)25-13)10-5-6-12(22-2)17(24-4)16(10)23-3/h5-7,11H,8H2,1-4H3,(H,19,21). The molecule has 7 nitrogen and oxygen atoms in total. The number of aromatic amines is 1. The van der Waals surface area contributed by atoms with Crippen LogP contribution in [0.15, 0.2) is 23.0 Å². The largest absolute Gasteiger partial charge is 0.493 e. The van der Waals surface area contributed by atoms with Crippen molar-refractivity contribution < 1.29 is 23.7 Å². The van der Waals surface area contributed by atoms with Gasteiger partial charge in [-0.3, -0.25) is 9.59 Å². The van der Waals surface area contributed by atoms with E-state index >= 15 is 0 Å². The Balaban J connectivity index is 2.25. The van der Waals surface area contributed by atoms with Crippen LogP contribution in [-0.2, 0) is 4.79 Å². The van der Waals surface area contributed by atoms with Crippen molar-refractivity contribution in [3.63, 3.8) is 0 Å². The molecule has 1 aliphatic heterocycles. The first-order chi connectivity index (χ1) is 12.0. The van der Waals surface area contributed by atoms with Crippen LogP contribution in [0.25, 0.3) is 0 Å². The van der Waals surface area contributed by atoms with Crippen molar-refractivity contribution in [3.8, 4) is 23.0 Å². The van der Waals surface area contributed by atoms with Gasteiger partial charge in [0.05, 0.1) is 33.3 Å².